The fraction of sp³-hybridized carbons (Fsp3) is 0.286. The first-order valence-corrected chi connectivity index (χ1v) is 6.14. The molecule has 5 nitrogen and oxygen atoms in total. The van der Waals surface area contributed by atoms with Gasteiger partial charge >= 0.3 is 5.63 Å². The first-order valence-electron chi connectivity index (χ1n) is 6.14. The summed E-state index contributed by atoms with van der Waals surface area (Å²) in [4.78, 5) is 25.5. The predicted molar refractivity (Wildman–Crippen MR) is 73.3 cm³/mol. The van der Waals surface area contributed by atoms with Crippen LogP contribution in [0, 0.1) is 5.82 Å². The summed E-state index contributed by atoms with van der Waals surface area (Å²) < 4.78 is 18.1. The van der Waals surface area contributed by atoms with E-state index in [2.05, 4.69) is 5.32 Å². The minimum Gasteiger partial charge on any atom is -0.417 e. The second-order valence-corrected chi connectivity index (χ2v) is 4.69. The molecule has 2 aromatic rings. The van der Waals surface area contributed by atoms with Gasteiger partial charge in [0.15, 0.2) is 5.76 Å². The van der Waals surface area contributed by atoms with Gasteiger partial charge in [-0.15, -0.1) is 0 Å². The average molecular weight is 278 g/mol. The van der Waals surface area contributed by atoms with Crippen LogP contribution in [0.4, 0.5) is 4.39 Å². The van der Waals surface area contributed by atoms with E-state index in [9.17, 15) is 14.0 Å². The van der Waals surface area contributed by atoms with Crippen LogP contribution in [-0.4, -0.2) is 38.0 Å². The third kappa shape index (κ3) is 3.21. The summed E-state index contributed by atoms with van der Waals surface area (Å²) >= 11 is 0. The van der Waals surface area contributed by atoms with E-state index in [1.54, 1.807) is 0 Å². The molecule has 2 rings (SSSR count). The summed E-state index contributed by atoms with van der Waals surface area (Å²) in [7, 11) is 3.76. The van der Waals surface area contributed by atoms with Crippen LogP contribution in [-0.2, 0) is 0 Å². The molecule has 0 fully saturated rings. The van der Waals surface area contributed by atoms with Crippen LogP contribution in [0.2, 0.25) is 0 Å². The van der Waals surface area contributed by atoms with Crippen LogP contribution in [0.15, 0.2) is 33.5 Å². The normalized spacial score (nSPS) is 11.0. The Morgan fingerprint density at radius 3 is 2.80 bits per heavy atom. The maximum Gasteiger partial charge on any atom is 0.344 e. The molecule has 0 atom stereocenters. The monoisotopic (exact) mass is 278 g/mol. The lowest BCUT2D eigenvalue weighted by Gasteiger charge is -2.10. The van der Waals surface area contributed by atoms with Crippen LogP contribution in [0.25, 0.3) is 10.8 Å². The van der Waals surface area contributed by atoms with Crippen molar-refractivity contribution in [2.45, 2.75) is 0 Å². The predicted octanol–water partition coefficient (Wildman–Crippen LogP) is 1.22. The molecule has 0 unspecified atom stereocenters. The van der Waals surface area contributed by atoms with Crippen LogP contribution >= 0.6 is 0 Å². The third-order valence-corrected chi connectivity index (χ3v) is 2.79. The zero-order valence-electron chi connectivity index (χ0n) is 11.3. The molecule has 0 aliphatic rings. The highest BCUT2D eigenvalue weighted by molar-refractivity contribution is 5.95. The highest BCUT2D eigenvalue weighted by atomic mass is 19.1. The van der Waals surface area contributed by atoms with Crippen molar-refractivity contribution >= 4 is 16.7 Å². The standard InChI is InChI=1S/C14H15FN2O3/c1-17(2)6-5-16-13(18)12-8-9-7-10(15)3-4-11(9)14(19)20-12/h3-4,7-8H,5-6H2,1-2H3,(H,16,18). The molecule has 20 heavy (non-hydrogen) atoms. The van der Waals surface area contributed by atoms with Crippen LogP contribution in [0.1, 0.15) is 10.6 Å². The van der Waals surface area contributed by atoms with Crippen molar-refractivity contribution in [3.63, 3.8) is 0 Å². The fourth-order valence-electron chi connectivity index (χ4n) is 1.76. The molecule has 1 amide bonds. The minimum atomic E-state index is -0.653. The summed E-state index contributed by atoms with van der Waals surface area (Å²) in [6.45, 7) is 1.09. The van der Waals surface area contributed by atoms with Gasteiger partial charge in [0.1, 0.15) is 5.82 Å². The Kier molecular flexibility index (Phi) is 4.14. The summed E-state index contributed by atoms with van der Waals surface area (Å²) in [6.07, 6.45) is 0. The number of hydrogen-bond donors (Lipinski definition) is 1. The zero-order chi connectivity index (χ0) is 14.7. The Balaban J connectivity index is 2.26. The van der Waals surface area contributed by atoms with Crippen LogP contribution in [0.5, 0.6) is 0 Å². The maximum atomic E-state index is 13.2. The van der Waals surface area contributed by atoms with Gasteiger partial charge in [-0.1, -0.05) is 0 Å². The van der Waals surface area contributed by atoms with E-state index in [0.717, 1.165) is 0 Å². The smallest absolute Gasteiger partial charge is 0.344 e. The second-order valence-electron chi connectivity index (χ2n) is 4.69. The molecular weight excluding hydrogens is 263 g/mol. The average Bonchev–Trinajstić information content (AvgIpc) is 2.37. The molecule has 0 radical (unpaired) electrons. The van der Waals surface area contributed by atoms with E-state index in [4.69, 9.17) is 4.42 Å². The van der Waals surface area contributed by atoms with Crippen molar-refractivity contribution in [3.8, 4) is 0 Å². The van der Waals surface area contributed by atoms with Crippen LogP contribution < -0.4 is 10.9 Å². The van der Waals surface area contributed by atoms with Gasteiger partial charge in [-0.2, -0.15) is 0 Å². The van der Waals surface area contributed by atoms with E-state index in [0.29, 0.717) is 18.5 Å². The molecule has 1 aromatic heterocycles. The van der Waals surface area contributed by atoms with Crippen molar-refractivity contribution in [2.24, 2.45) is 0 Å². The number of halogens is 1. The highest BCUT2D eigenvalue weighted by Gasteiger charge is 2.12. The van der Waals surface area contributed by atoms with Crippen LogP contribution in [0.3, 0.4) is 0 Å². The first kappa shape index (κ1) is 14.2. The third-order valence-electron chi connectivity index (χ3n) is 2.79. The topological polar surface area (TPSA) is 62.6 Å². The van der Waals surface area contributed by atoms with E-state index in [-0.39, 0.29) is 11.1 Å². The molecule has 0 bridgehead atoms. The highest BCUT2D eigenvalue weighted by Crippen LogP contribution is 2.13. The zero-order valence-corrected chi connectivity index (χ0v) is 11.3. The molecule has 1 N–H and O–H groups in total. The van der Waals surface area contributed by atoms with Gasteiger partial charge in [0.05, 0.1) is 5.39 Å². The quantitative estimate of drug-likeness (QED) is 0.913. The molecule has 106 valence electrons. The number of amides is 1. The summed E-state index contributed by atoms with van der Waals surface area (Å²) in [5.74, 6) is -1.08. The molecule has 0 spiro atoms. The maximum absolute atomic E-state index is 13.2. The second kappa shape index (κ2) is 5.83. The summed E-state index contributed by atoms with van der Waals surface area (Å²) in [5.41, 5.74) is -0.653. The number of carbonyl (C=O) groups excluding carboxylic acids is 1. The van der Waals surface area contributed by atoms with Gasteiger partial charge in [-0.05, 0) is 43.7 Å². The number of nitrogens with zero attached hydrogens (tertiary/aromatic N) is 1. The first-order chi connectivity index (χ1) is 9.47. The number of likely N-dealkylation sites (N-methyl/N-ethyl adjacent to an activating group) is 1. The molecule has 0 saturated carbocycles. The summed E-state index contributed by atoms with van der Waals surface area (Å²) in [6, 6.07) is 5.08. The van der Waals surface area contributed by atoms with Crippen molar-refractivity contribution in [1.29, 1.82) is 0 Å². The van der Waals surface area contributed by atoms with Crippen molar-refractivity contribution < 1.29 is 13.6 Å². The minimum absolute atomic E-state index is 0.119. The SMILES string of the molecule is CN(C)CCNC(=O)c1cc2cc(F)ccc2c(=O)o1. The molecule has 0 aliphatic carbocycles. The Morgan fingerprint density at radius 1 is 1.35 bits per heavy atom. The molecular formula is C14H15FN2O3. The summed E-state index contributed by atoms with van der Waals surface area (Å²) in [5, 5.41) is 3.22. The Hall–Kier alpha value is -2.21. The molecule has 0 aliphatic heterocycles. The van der Waals surface area contributed by atoms with Gasteiger partial charge in [-0.25, -0.2) is 9.18 Å². The number of hydrogen-bond acceptors (Lipinski definition) is 4. The lowest BCUT2D eigenvalue weighted by Crippen LogP contribution is -2.31. The lowest BCUT2D eigenvalue weighted by atomic mass is 10.1. The van der Waals surface area contributed by atoms with Gasteiger partial charge < -0.3 is 14.6 Å². The molecule has 6 heteroatoms. The lowest BCUT2D eigenvalue weighted by molar-refractivity contribution is 0.0919. The number of benzene rings is 1. The van der Waals surface area contributed by atoms with Gasteiger partial charge in [-0.3, -0.25) is 4.79 Å². The van der Waals surface area contributed by atoms with Gasteiger partial charge in [0.2, 0.25) is 0 Å². The molecule has 1 aromatic carbocycles. The Labute approximate surface area is 115 Å². The number of rotatable bonds is 4. The number of carbonyl (C=O) groups is 1. The Bertz CT molecular complexity index is 694. The molecule has 1 heterocycles. The fourth-order valence-corrected chi connectivity index (χ4v) is 1.76. The van der Waals surface area contributed by atoms with Gasteiger partial charge in [0.25, 0.3) is 5.91 Å². The van der Waals surface area contributed by atoms with E-state index in [1.807, 2.05) is 19.0 Å². The van der Waals surface area contributed by atoms with Crippen molar-refractivity contribution in [2.75, 3.05) is 27.2 Å². The van der Waals surface area contributed by atoms with E-state index >= 15 is 0 Å². The van der Waals surface area contributed by atoms with Crippen molar-refractivity contribution in [3.05, 3.63) is 46.3 Å². The van der Waals surface area contributed by atoms with Gasteiger partial charge in [0, 0.05) is 13.1 Å². The molecule has 0 saturated heterocycles. The largest absolute Gasteiger partial charge is 0.417 e. The number of fused-ring (bicyclic) bond motifs is 1. The van der Waals surface area contributed by atoms with Crippen molar-refractivity contribution in [1.82, 2.24) is 10.2 Å². The number of nitrogens with one attached hydrogen (secondary N) is 1. The van der Waals surface area contributed by atoms with E-state index < -0.39 is 17.3 Å². The van der Waals surface area contributed by atoms with E-state index in [1.165, 1.54) is 24.3 Å². The Morgan fingerprint density at radius 2 is 2.10 bits per heavy atom.